The van der Waals surface area contributed by atoms with Crippen LogP contribution in [0, 0.1) is 45.1 Å². The Balaban J connectivity index is 0.000000204. The highest BCUT2D eigenvalue weighted by molar-refractivity contribution is 7.87. The van der Waals surface area contributed by atoms with Crippen LogP contribution in [0.2, 0.25) is 0 Å². The van der Waals surface area contributed by atoms with Crippen LogP contribution in [0.4, 0.5) is 13.2 Å². The maximum absolute atomic E-state index is 15.4. The summed E-state index contributed by atoms with van der Waals surface area (Å²) < 4.78 is 111. The van der Waals surface area contributed by atoms with Gasteiger partial charge in [0.1, 0.15) is 15.5 Å². The number of phenolic OH excluding ortho intramolecular Hbond substituents is 4. The minimum absolute atomic E-state index is 0.00699. The van der Waals surface area contributed by atoms with Crippen molar-refractivity contribution in [1.29, 1.82) is 0 Å². The third-order valence-electron chi connectivity index (χ3n) is 13.5. The van der Waals surface area contributed by atoms with Crippen LogP contribution in [0.1, 0.15) is 157 Å². The van der Waals surface area contributed by atoms with Gasteiger partial charge in [-0.05, 0) is 144 Å². The van der Waals surface area contributed by atoms with E-state index in [2.05, 4.69) is 0 Å². The third kappa shape index (κ3) is 7.95. The molecular formula is C54H57F3O10S2. The predicted molar refractivity (Wildman–Crippen MR) is 257 cm³/mol. The first-order chi connectivity index (χ1) is 32.1. The molecule has 2 aliphatic heterocycles. The van der Waals surface area contributed by atoms with Crippen LogP contribution in [-0.2, 0) is 39.8 Å². The van der Waals surface area contributed by atoms with Crippen LogP contribution in [0.25, 0.3) is 0 Å². The average molecular weight is 984 g/mol. The summed E-state index contributed by atoms with van der Waals surface area (Å²) in [6.45, 7) is 20.7. The molecule has 4 N–H and O–H groups in total. The van der Waals surface area contributed by atoms with E-state index in [9.17, 15) is 37.3 Å². The van der Waals surface area contributed by atoms with Crippen molar-refractivity contribution in [2.45, 2.75) is 128 Å². The van der Waals surface area contributed by atoms with E-state index in [4.69, 9.17) is 8.37 Å². The Morgan fingerprint density at radius 1 is 0.435 bits per heavy atom. The molecule has 0 saturated carbocycles. The summed E-state index contributed by atoms with van der Waals surface area (Å²) in [5.74, 6) is -4.94. The highest BCUT2D eigenvalue weighted by atomic mass is 32.2. The lowest BCUT2D eigenvalue weighted by atomic mass is 9.74. The normalized spacial score (nSPS) is 17.6. The second-order valence-corrected chi connectivity index (χ2v) is 22.2. The van der Waals surface area contributed by atoms with Gasteiger partial charge in [-0.1, -0.05) is 91.8 Å². The smallest absolute Gasteiger partial charge is 0.298 e. The van der Waals surface area contributed by atoms with Gasteiger partial charge >= 0.3 is 0 Å². The van der Waals surface area contributed by atoms with Crippen molar-refractivity contribution in [3.63, 3.8) is 0 Å². The number of hydrogen-bond acceptors (Lipinski definition) is 10. The number of aromatic hydroxyl groups is 4. The number of halogens is 3. The number of fused-ring (bicyclic) bond motifs is 2. The van der Waals surface area contributed by atoms with E-state index in [1.54, 1.807) is 89.2 Å². The van der Waals surface area contributed by atoms with Gasteiger partial charge in [0.2, 0.25) is 0 Å². The van der Waals surface area contributed by atoms with Crippen LogP contribution in [-0.4, -0.2) is 37.3 Å². The standard InChI is InChI=1S/C27H28F2O5S.C27H29FO5S/c1-13(2)17-11-20(15(5)23(28)25(17)30)27(19-9-7-8-10-22(19)35(32,33)34-27)21-12-18(14(3)4)26(31)24(29)16(21)6;1-14(2)18-12-21(16(5)11-23(18)29)27(20-9-7-8-10-24(20)34(31,32)33-27)22-13-19(15(3)4)26(30)25(28)17(22)6/h7-14,30-31H,1-6H3;7-15,29-30H,1-6H3/i28-1,29-1;28-1. The van der Waals surface area contributed by atoms with E-state index in [0.717, 1.165) is 0 Å². The molecule has 0 fully saturated rings. The molecule has 0 bridgehead atoms. The number of benzene rings is 6. The summed E-state index contributed by atoms with van der Waals surface area (Å²) >= 11 is 0. The van der Waals surface area contributed by atoms with Gasteiger partial charge in [-0.2, -0.15) is 16.8 Å². The second-order valence-electron chi connectivity index (χ2n) is 19.2. The first-order valence-electron chi connectivity index (χ1n) is 22.6. The number of rotatable bonds is 8. The summed E-state index contributed by atoms with van der Waals surface area (Å²) in [6, 6.07) is 20.6. The summed E-state index contributed by atoms with van der Waals surface area (Å²) in [6.07, 6.45) is 0. The van der Waals surface area contributed by atoms with Crippen LogP contribution < -0.4 is 0 Å². The zero-order valence-corrected chi connectivity index (χ0v) is 42.1. The number of phenols is 4. The Hall–Kier alpha value is -5.87. The molecule has 0 radical (unpaired) electrons. The quantitative estimate of drug-likeness (QED) is 0.108. The molecule has 0 amide bonds. The van der Waals surface area contributed by atoms with Crippen molar-refractivity contribution in [2.24, 2.45) is 0 Å². The fourth-order valence-electron chi connectivity index (χ4n) is 9.74. The first kappa shape index (κ1) is 51.0. The molecular weight excluding hydrogens is 927 g/mol. The second kappa shape index (κ2) is 17.8. The highest BCUT2D eigenvalue weighted by Crippen LogP contribution is 2.56. The highest BCUT2D eigenvalue weighted by Gasteiger charge is 2.55. The summed E-state index contributed by atoms with van der Waals surface area (Å²) in [5, 5.41) is 42.1. The zero-order valence-electron chi connectivity index (χ0n) is 40.5. The van der Waals surface area contributed by atoms with Gasteiger partial charge < -0.3 is 20.4 Å². The van der Waals surface area contributed by atoms with Gasteiger partial charge in [-0.25, -0.2) is 21.5 Å². The van der Waals surface area contributed by atoms with Crippen LogP contribution in [0.3, 0.4) is 0 Å². The topological polar surface area (TPSA) is 168 Å². The zero-order chi connectivity index (χ0) is 51.2. The van der Waals surface area contributed by atoms with Crippen molar-refractivity contribution in [2.75, 3.05) is 0 Å². The van der Waals surface area contributed by atoms with E-state index in [1.165, 1.54) is 45.0 Å². The number of aryl methyl sites for hydroxylation is 1. The molecule has 1 unspecified atom stereocenters. The van der Waals surface area contributed by atoms with Gasteiger partial charge in [0.25, 0.3) is 20.2 Å². The molecule has 2 aliphatic rings. The lowest BCUT2D eigenvalue weighted by Crippen LogP contribution is -2.32. The molecule has 69 heavy (non-hydrogen) atoms. The molecule has 6 aromatic rings. The van der Waals surface area contributed by atoms with Crippen LogP contribution in [0.5, 0.6) is 23.0 Å². The predicted octanol–water partition coefficient (Wildman–Crippen LogP) is 12.4. The van der Waals surface area contributed by atoms with Crippen molar-refractivity contribution in [3.05, 3.63) is 174 Å². The first-order valence-corrected chi connectivity index (χ1v) is 25.4. The molecule has 0 saturated heterocycles. The van der Waals surface area contributed by atoms with Crippen LogP contribution in [0.15, 0.2) is 88.7 Å². The summed E-state index contributed by atoms with van der Waals surface area (Å²) in [5.41, 5.74) is 0.0779. The molecule has 2 heterocycles. The lowest BCUT2D eigenvalue weighted by molar-refractivity contribution is 0.176. The van der Waals surface area contributed by atoms with Crippen LogP contribution >= 0.6 is 0 Å². The molecule has 0 spiro atoms. The summed E-state index contributed by atoms with van der Waals surface area (Å²) in [4.78, 5) is -0.106. The molecule has 0 aliphatic carbocycles. The Kier molecular flexibility index (Phi) is 13.2. The molecule has 15 heteroatoms. The van der Waals surface area contributed by atoms with Crippen molar-refractivity contribution in [3.8, 4) is 23.0 Å². The van der Waals surface area contributed by atoms with Gasteiger partial charge in [-0.15, -0.1) is 0 Å². The molecule has 6 aromatic carbocycles. The lowest BCUT2D eigenvalue weighted by Gasteiger charge is -2.34. The Bertz CT molecular complexity index is 3240. The minimum atomic E-state index is -4.33. The molecule has 10 nitrogen and oxygen atoms in total. The van der Waals surface area contributed by atoms with Crippen molar-refractivity contribution >= 4 is 20.2 Å². The van der Waals surface area contributed by atoms with E-state index in [0.29, 0.717) is 33.4 Å². The Morgan fingerprint density at radius 2 is 0.725 bits per heavy atom. The van der Waals surface area contributed by atoms with E-state index in [1.807, 2.05) is 27.7 Å². The fourth-order valence-corrected chi connectivity index (χ4v) is 12.6. The maximum Gasteiger partial charge on any atom is 0.298 e. The van der Waals surface area contributed by atoms with Gasteiger partial charge in [0.05, 0.1) is 0 Å². The summed E-state index contributed by atoms with van der Waals surface area (Å²) in [7, 11) is -8.51. The maximum atomic E-state index is 15.4. The molecule has 1 atom stereocenters. The minimum Gasteiger partial charge on any atom is -0.508 e. The van der Waals surface area contributed by atoms with Gasteiger partial charge in [0.15, 0.2) is 45.9 Å². The largest absolute Gasteiger partial charge is 0.508 e. The van der Waals surface area contributed by atoms with E-state index < -0.39 is 66.1 Å². The number of hydrogen-bond donors (Lipinski definition) is 4. The van der Waals surface area contributed by atoms with Crippen molar-refractivity contribution < 1.29 is 58.8 Å². The molecule has 8 rings (SSSR count). The Labute approximate surface area is 402 Å². The SMILES string of the molecule is Cc1c(C2(c3cc(C(C)C)c(O)c([18F])c3C)OS(=O)(=O)c3ccccc32)cc(C(C)C)c(O)c1[18F].Cc1cc(O)c(C(C)C)cc1C1(c2cc(C(C)C)c(O)c([18F])c2C)OS(=O)(=O)c2ccccc21. The molecule has 0 aromatic heterocycles. The van der Waals surface area contributed by atoms with E-state index in [-0.39, 0.29) is 83.7 Å². The van der Waals surface area contributed by atoms with Gasteiger partial charge in [-0.3, -0.25) is 0 Å². The van der Waals surface area contributed by atoms with E-state index >= 15 is 13.2 Å². The fraction of sp³-hybridized carbons (Fsp3) is 0.333. The monoisotopic (exact) mass is 983 g/mol. The van der Waals surface area contributed by atoms with Crippen molar-refractivity contribution in [1.82, 2.24) is 0 Å². The van der Waals surface area contributed by atoms with Gasteiger partial charge in [0, 0.05) is 27.8 Å². The Morgan fingerprint density at radius 3 is 1.04 bits per heavy atom. The molecule has 366 valence electrons. The third-order valence-corrected chi connectivity index (χ3v) is 16.2. The average Bonchev–Trinajstić information content (AvgIpc) is 3.67.